The van der Waals surface area contributed by atoms with Gasteiger partial charge in [0.25, 0.3) is 5.91 Å². The number of rotatable bonds is 1. The Morgan fingerprint density at radius 2 is 1.95 bits per heavy atom. The van der Waals surface area contributed by atoms with Crippen LogP contribution in [0.5, 0.6) is 0 Å². The second kappa shape index (κ2) is 5.00. The fraction of sp³-hybridized carbons (Fsp3) is 0.400. The number of halogens is 1. The lowest BCUT2D eigenvalue weighted by Crippen LogP contribution is -2.35. The number of piperidine rings is 1. The SMILES string of the molecule is Cn1cc(Br)c2ccc(C(=O)N3CCCCC3)cc21. The van der Waals surface area contributed by atoms with Gasteiger partial charge >= 0.3 is 0 Å². The molecule has 0 unspecified atom stereocenters. The van der Waals surface area contributed by atoms with Gasteiger partial charge in [0.2, 0.25) is 0 Å². The van der Waals surface area contributed by atoms with Crippen LogP contribution in [0.4, 0.5) is 0 Å². The summed E-state index contributed by atoms with van der Waals surface area (Å²) in [5, 5.41) is 1.15. The van der Waals surface area contributed by atoms with Gasteiger partial charge in [-0.3, -0.25) is 4.79 Å². The number of hydrogen-bond donors (Lipinski definition) is 0. The summed E-state index contributed by atoms with van der Waals surface area (Å²) in [7, 11) is 2.00. The highest BCUT2D eigenvalue weighted by atomic mass is 79.9. The smallest absolute Gasteiger partial charge is 0.253 e. The number of aromatic nitrogens is 1. The van der Waals surface area contributed by atoms with Crippen LogP contribution in [0.1, 0.15) is 29.6 Å². The first kappa shape index (κ1) is 12.7. The predicted octanol–water partition coefficient (Wildman–Crippen LogP) is 3.57. The Bertz CT molecular complexity index is 626. The van der Waals surface area contributed by atoms with E-state index in [1.807, 2.05) is 40.9 Å². The van der Waals surface area contributed by atoms with Crippen molar-refractivity contribution in [2.45, 2.75) is 19.3 Å². The maximum absolute atomic E-state index is 12.5. The predicted molar refractivity (Wildman–Crippen MR) is 80.4 cm³/mol. The van der Waals surface area contributed by atoms with E-state index in [9.17, 15) is 4.79 Å². The van der Waals surface area contributed by atoms with Crippen LogP contribution in [0.2, 0.25) is 0 Å². The van der Waals surface area contributed by atoms with Crippen molar-refractivity contribution in [2.24, 2.45) is 7.05 Å². The molecule has 1 fully saturated rings. The summed E-state index contributed by atoms with van der Waals surface area (Å²) in [5.41, 5.74) is 1.89. The largest absolute Gasteiger partial charge is 0.349 e. The van der Waals surface area contributed by atoms with Crippen LogP contribution >= 0.6 is 15.9 Å². The summed E-state index contributed by atoms with van der Waals surface area (Å²) < 4.78 is 3.12. The van der Waals surface area contributed by atoms with Crippen LogP contribution in [-0.4, -0.2) is 28.5 Å². The lowest BCUT2D eigenvalue weighted by Gasteiger charge is -2.26. The average Bonchev–Trinajstić information content (AvgIpc) is 2.74. The molecule has 4 heteroatoms. The molecule has 1 aromatic heterocycles. The quantitative estimate of drug-likeness (QED) is 0.788. The van der Waals surface area contributed by atoms with Crippen molar-refractivity contribution in [1.82, 2.24) is 9.47 Å². The molecule has 2 aromatic rings. The number of hydrogen-bond acceptors (Lipinski definition) is 1. The van der Waals surface area contributed by atoms with Crippen molar-refractivity contribution in [2.75, 3.05) is 13.1 Å². The van der Waals surface area contributed by atoms with E-state index in [4.69, 9.17) is 0 Å². The molecular weight excluding hydrogens is 304 g/mol. The Labute approximate surface area is 121 Å². The van der Waals surface area contributed by atoms with E-state index in [0.717, 1.165) is 46.9 Å². The van der Waals surface area contributed by atoms with Gasteiger partial charge in [0.15, 0.2) is 0 Å². The summed E-state index contributed by atoms with van der Waals surface area (Å²) >= 11 is 3.54. The molecule has 0 saturated carbocycles. The molecule has 1 amide bonds. The van der Waals surface area contributed by atoms with Gasteiger partial charge in [0, 0.05) is 47.3 Å². The van der Waals surface area contributed by atoms with Gasteiger partial charge in [0.05, 0.1) is 0 Å². The number of amides is 1. The minimum Gasteiger partial charge on any atom is -0.349 e. The monoisotopic (exact) mass is 320 g/mol. The van der Waals surface area contributed by atoms with Crippen LogP contribution in [0.3, 0.4) is 0 Å². The highest BCUT2D eigenvalue weighted by Crippen LogP contribution is 2.27. The first-order valence-electron chi connectivity index (χ1n) is 6.70. The van der Waals surface area contributed by atoms with Crippen molar-refractivity contribution in [3.05, 3.63) is 34.4 Å². The second-order valence-corrected chi connectivity index (χ2v) is 6.03. The summed E-state index contributed by atoms with van der Waals surface area (Å²) in [6.07, 6.45) is 5.53. The molecule has 1 saturated heterocycles. The molecule has 100 valence electrons. The number of fused-ring (bicyclic) bond motifs is 1. The highest BCUT2D eigenvalue weighted by Gasteiger charge is 2.18. The zero-order valence-corrected chi connectivity index (χ0v) is 12.6. The summed E-state index contributed by atoms with van der Waals surface area (Å²) in [6, 6.07) is 5.96. The Morgan fingerprint density at radius 1 is 1.21 bits per heavy atom. The Kier molecular flexibility index (Phi) is 3.35. The minimum atomic E-state index is 0.166. The third kappa shape index (κ3) is 2.29. The van der Waals surface area contributed by atoms with Gasteiger partial charge < -0.3 is 9.47 Å². The number of nitrogens with zero attached hydrogens (tertiary/aromatic N) is 2. The van der Waals surface area contributed by atoms with E-state index in [2.05, 4.69) is 15.9 Å². The van der Waals surface area contributed by atoms with Crippen molar-refractivity contribution < 1.29 is 4.79 Å². The van der Waals surface area contributed by atoms with Gasteiger partial charge in [-0.15, -0.1) is 0 Å². The Morgan fingerprint density at radius 3 is 2.68 bits per heavy atom. The minimum absolute atomic E-state index is 0.166. The van der Waals surface area contributed by atoms with E-state index in [0.29, 0.717) is 0 Å². The molecule has 1 aromatic carbocycles. The van der Waals surface area contributed by atoms with E-state index in [1.54, 1.807) is 0 Å². The van der Waals surface area contributed by atoms with E-state index in [-0.39, 0.29) is 5.91 Å². The molecule has 3 nitrogen and oxygen atoms in total. The van der Waals surface area contributed by atoms with Gasteiger partial charge in [0.1, 0.15) is 0 Å². The lowest BCUT2D eigenvalue weighted by molar-refractivity contribution is 0.0724. The number of carbonyl (C=O) groups excluding carboxylic acids is 1. The fourth-order valence-electron chi connectivity index (χ4n) is 2.75. The van der Waals surface area contributed by atoms with Gasteiger partial charge in [-0.05, 0) is 47.3 Å². The molecule has 0 spiro atoms. The van der Waals surface area contributed by atoms with Crippen molar-refractivity contribution in [3.63, 3.8) is 0 Å². The molecule has 2 heterocycles. The highest BCUT2D eigenvalue weighted by molar-refractivity contribution is 9.10. The first-order chi connectivity index (χ1) is 9.16. The molecule has 1 aliphatic rings. The Balaban J connectivity index is 1.96. The van der Waals surface area contributed by atoms with Gasteiger partial charge in [-0.2, -0.15) is 0 Å². The summed E-state index contributed by atoms with van der Waals surface area (Å²) in [6.45, 7) is 1.79. The van der Waals surface area contributed by atoms with Crippen LogP contribution < -0.4 is 0 Å². The molecule has 19 heavy (non-hydrogen) atoms. The third-order valence-corrected chi connectivity index (χ3v) is 4.46. The molecule has 0 N–H and O–H groups in total. The normalized spacial score (nSPS) is 16.0. The first-order valence-corrected chi connectivity index (χ1v) is 7.50. The van der Waals surface area contributed by atoms with Crippen LogP contribution in [0, 0.1) is 0 Å². The molecule has 0 aliphatic carbocycles. The fourth-order valence-corrected chi connectivity index (χ4v) is 3.39. The molecule has 3 rings (SSSR count). The summed E-state index contributed by atoms with van der Waals surface area (Å²) in [5.74, 6) is 0.166. The van der Waals surface area contributed by atoms with Crippen LogP contribution in [0.15, 0.2) is 28.9 Å². The van der Waals surface area contributed by atoms with Crippen molar-refractivity contribution in [3.8, 4) is 0 Å². The number of aryl methyl sites for hydroxylation is 1. The van der Waals surface area contributed by atoms with Gasteiger partial charge in [-0.25, -0.2) is 0 Å². The third-order valence-electron chi connectivity index (χ3n) is 3.83. The van der Waals surface area contributed by atoms with Crippen molar-refractivity contribution >= 4 is 32.7 Å². The van der Waals surface area contributed by atoms with E-state index >= 15 is 0 Å². The zero-order valence-electron chi connectivity index (χ0n) is 11.0. The summed E-state index contributed by atoms with van der Waals surface area (Å²) in [4.78, 5) is 14.4. The van der Waals surface area contributed by atoms with E-state index < -0.39 is 0 Å². The topological polar surface area (TPSA) is 25.2 Å². The zero-order chi connectivity index (χ0) is 13.4. The molecule has 0 bridgehead atoms. The van der Waals surface area contributed by atoms with Crippen LogP contribution in [0.25, 0.3) is 10.9 Å². The van der Waals surface area contributed by atoms with Crippen molar-refractivity contribution in [1.29, 1.82) is 0 Å². The standard InChI is InChI=1S/C15H17BrN2O/c1-17-10-13(16)12-6-5-11(9-14(12)17)15(19)18-7-3-2-4-8-18/h5-6,9-10H,2-4,7-8H2,1H3. The maximum Gasteiger partial charge on any atom is 0.253 e. The van der Waals surface area contributed by atoms with E-state index in [1.165, 1.54) is 6.42 Å². The Hall–Kier alpha value is -1.29. The lowest BCUT2D eigenvalue weighted by atomic mass is 10.1. The second-order valence-electron chi connectivity index (χ2n) is 5.17. The molecule has 0 atom stereocenters. The molecule has 1 aliphatic heterocycles. The molecular formula is C15H17BrN2O. The number of benzene rings is 1. The van der Waals surface area contributed by atoms with Crippen LogP contribution in [-0.2, 0) is 7.05 Å². The van der Waals surface area contributed by atoms with Gasteiger partial charge in [-0.1, -0.05) is 6.07 Å². The maximum atomic E-state index is 12.5. The number of carbonyl (C=O) groups is 1. The number of likely N-dealkylation sites (tertiary alicyclic amines) is 1. The molecule has 0 radical (unpaired) electrons. The average molecular weight is 321 g/mol.